The summed E-state index contributed by atoms with van der Waals surface area (Å²) in [5.41, 5.74) is 1.83. The first kappa shape index (κ1) is 22.2. The lowest BCUT2D eigenvalue weighted by atomic mass is 9.89. The van der Waals surface area contributed by atoms with E-state index < -0.39 is 42.6 Å². The molecule has 0 spiro atoms. The van der Waals surface area contributed by atoms with Crippen molar-refractivity contribution in [2.45, 2.75) is 57.1 Å². The molecular weight excluding hydrogens is 424 g/mol. The summed E-state index contributed by atoms with van der Waals surface area (Å²) in [5, 5.41) is 12.3. The summed E-state index contributed by atoms with van der Waals surface area (Å²) >= 11 is 0. The van der Waals surface area contributed by atoms with Gasteiger partial charge in [-0.3, -0.25) is 19.3 Å². The first-order valence-electron chi connectivity index (χ1n) is 11.3. The number of benzene rings is 2. The number of hydrogen-bond acceptors (Lipinski definition) is 7. The van der Waals surface area contributed by atoms with Gasteiger partial charge < -0.3 is 14.6 Å². The molecule has 3 aliphatic heterocycles. The summed E-state index contributed by atoms with van der Waals surface area (Å²) in [6.45, 7) is 4.03. The standard InChI is InChI=1S/C25H28N2O6/c1-15(18-11-7-4-8-12-18)27-24(29)20-21(22-19(28)14-31-16(2)32-22)26(33-23(20)25(27)30)13-17-9-5-3-6-10-17/h3-12,15-16,19-23,28H,13-14H2,1-2H3/t15-,16-,19-,20+,21-,22-,23-/m1/s1. The fraction of sp³-hybridized carbons (Fsp3) is 0.440. The summed E-state index contributed by atoms with van der Waals surface area (Å²) in [5.74, 6) is -1.45. The fourth-order valence-corrected chi connectivity index (χ4v) is 5.05. The van der Waals surface area contributed by atoms with E-state index in [0.29, 0.717) is 6.54 Å². The largest absolute Gasteiger partial charge is 0.388 e. The Bertz CT molecular complexity index is 1000. The van der Waals surface area contributed by atoms with E-state index in [0.717, 1.165) is 11.1 Å². The Morgan fingerprint density at radius 2 is 1.70 bits per heavy atom. The number of fused-ring (bicyclic) bond motifs is 1. The van der Waals surface area contributed by atoms with Gasteiger partial charge in [0.25, 0.3) is 5.91 Å². The number of carbonyl (C=O) groups is 2. The number of amides is 2. The van der Waals surface area contributed by atoms with Crippen molar-refractivity contribution < 1.29 is 29.0 Å². The third kappa shape index (κ3) is 3.98. The lowest BCUT2D eigenvalue weighted by molar-refractivity contribution is -0.276. The molecule has 33 heavy (non-hydrogen) atoms. The van der Waals surface area contributed by atoms with Crippen LogP contribution in [0.1, 0.15) is 31.0 Å². The Hall–Kier alpha value is -2.62. The van der Waals surface area contributed by atoms with Crippen molar-refractivity contribution in [3.05, 3.63) is 71.8 Å². The highest BCUT2D eigenvalue weighted by molar-refractivity contribution is 6.07. The maximum absolute atomic E-state index is 13.7. The number of aliphatic hydroxyl groups excluding tert-OH is 1. The Morgan fingerprint density at radius 1 is 1.03 bits per heavy atom. The normalized spacial score (nSPS) is 33.4. The van der Waals surface area contributed by atoms with E-state index in [-0.39, 0.29) is 18.4 Å². The monoisotopic (exact) mass is 452 g/mol. The highest BCUT2D eigenvalue weighted by atomic mass is 16.7. The molecule has 3 heterocycles. The first-order valence-corrected chi connectivity index (χ1v) is 11.3. The quantitative estimate of drug-likeness (QED) is 0.695. The van der Waals surface area contributed by atoms with Crippen molar-refractivity contribution in [1.29, 1.82) is 0 Å². The van der Waals surface area contributed by atoms with Gasteiger partial charge in [0.05, 0.1) is 24.6 Å². The second-order valence-corrected chi connectivity index (χ2v) is 8.81. The fourth-order valence-electron chi connectivity index (χ4n) is 5.05. The average Bonchev–Trinajstić information content (AvgIpc) is 3.31. The molecule has 7 atom stereocenters. The molecule has 0 aliphatic carbocycles. The zero-order valence-corrected chi connectivity index (χ0v) is 18.6. The third-order valence-electron chi connectivity index (χ3n) is 6.70. The minimum absolute atomic E-state index is 0.0885. The zero-order chi connectivity index (χ0) is 23.1. The molecule has 0 aromatic heterocycles. The molecule has 1 N–H and O–H groups in total. The van der Waals surface area contributed by atoms with Crippen LogP contribution in [0.15, 0.2) is 60.7 Å². The summed E-state index contributed by atoms with van der Waals surface area (Å²) in [4.78, 5) is 34.5. The van der Waals surface area contributed by atoms with Crippen LogP contribution in [-0.2, 0) is 30.4 Å². The molecule has 8 heteroatoms. The maximum Gasteiger partial charge on any atom is 0.261 e. The molecule has 2 aromatic rings. The van der Waals surface area contributed by atoms with E-state index in [9.17, 15) is 14.7 Å². The van der Waals surface area contributed by atoms with Gasteiger partial charge in [0.15, 0.2) is 12.4 Å². The van der Waals surface area contributed by atoms with Gasteiger partial charge >= 0.3 is 0 Å². The highest BCUT2D eigenvalue weighted by Crippen LogP contribution is 2.43. The van der Waals surface area contributed by atoms with Crippen LogP contribution in [-0.4, -0.2) is 64.1 Å². The minimum atomic E-state index is -0.952. The van der Waals surface area contributed by atoms with Gasteiger partial charge in [-0.25, -0.2) is 0 Å². The molecule has 0 radical (unpaired) electrons. The smallest absolute Gasteiger partial charge is 0.261 e. The van der Waals surface area contributed by atoms with Gasteiger partial charge in [-0.2, -0.15) is 5.06 Å². The molecule has 0 unspecified atom stereocenters. The van der Waals surface area contributed by atoms with Crippen LogP contribution in [0.4, 0.5) is 0 Å². The lowest BCUT2D eigenvalue weighted by Gasteiger charge is -2.39. The maximum atomic E-state index is 13.7. The summed E-state index contributed by atoms with van der Waals surface area (Å²) < 4.78 is 11.4. The Morgan fingerprint density at radius 3 is 2.39 bits per heavy atom. The molecule has 3 fully saturated rings. The third-order valence-corrected chi connectivity index (χ3v) is 6.70. The predicted molar refractivity (Wildman–Crippen MR) is 117 cm³/mol. The Balaban J connectivity index is 1.47. The Labute approximate surface area is 192 Å². The summed E-state index contributed by atoms with van der Waals surface area (Å²) in [6.07, 6.45) is -3.18. The van der Waals surface area contributed by atoms with Crippen molar-refractivity contribution in [2.75, 3.05) is 6.61 Å². The van der Waals surface area contributed by atoms with Gasteiger partial charge in [-0.15, -0.1) is 0 Å². The van der Waals surface area contributed by atoms with Gasteiger partial charge in [0.2, 0.25) is 5.91 Å². The van der Waals surface area contributed by atoms with E-state index in [4.69, 9.17) is 14.3 Å². The van der Waals surface area contributed by atoms with Crippen molar-refractivity contribution in [2.24, 2.45) is 5.92 Å². The van der Waals surface area contributed by atoms with Crippen LogP contribution < -0.4 is 0 Å². The number of aliphatic hydroxyl groups is 1. The molecule has 3 saturated heterocycles. The van der Waals surface area contributed by atoms with Crippen molar-refractivity contribution in [1.82, 2.24) is 9.96 Å². The molecule has 8 nitrogen and oxygen atoms in total. The van der Waals surface area contributed by atoms with Crippen LogP contribution >= 0.6 is 0 Å². The summed E-state index contributed by atoms with van der Waals surface area (Å²) in [6, 6.07) is 18.0. The molecule has 0 saturated carbocycles. The molecule has 2 amide bonds. The number of hydroxylamine groups is 2. The van der Waals surface area contributed by atoms with Crippen LogP contribution in [0.25, 0.3) is 0 Å². The van der Waals surface area contributed by atoms with Crippen LogP contribution in [0.3, 0.4) is 0 Å². The van der Waals surface area contributed by atoms with Crippen molar-refractivity contribution in [3.8, 4) is 0 Å². The SMILES string of the molecule is C[C@@H]1OC[C@@H](O)[C@H]([C@H]2[C@@H]3C(=O)N([C@H](C)c4ccccc4)C(=O)[C@@H]3ON2Cc2ccccc2)O1. The highest BCUT2D eigenvalue weighted by Gasteiger charge is 2.63. The van der Waals surface area contributed by atoms with E-state index in [1.54, 1.807) is 12.0 Å². The number of imide groups is 1. The number of nitrogens with zero attached hydrogens (tertiary/aromatic N) is 2. The molecule has 0 bridgehead atoms. The zero-order valence-electron chi connectivity index (χ0n) is 18.6. The molecule has 5 rings (SSSR count). The van der Waals surface area contributed by atoms with Gasteiger partial charge in [-0.1, -0.05) is 60.7 Å². The van der Waals surface area contributed by atoms with Crippen molar-refractivity contribution in [3.63, 3.8) is 0 Å². The van der Waals surface area contributed by atoms with Gasteiger partial charge in [-0.05, 0) is 25.0 Å². The number of hydrogen-bond donors (Lipinski definition) is 1. The average molecular weight is 453 g/mol. The number of rotatable bonds is 5. The second-order valence-electron chi connectivity index (χ2n) is 8.81. The van der Waals surface area contributed by atoms with E-state index in [2.05, 4.69) is 0 Å². The van der Waals surface area contributed by atoms with Crippen LogP contribution in [0.2, 0.25) is 0 Å². The van der Waals surface area contributed by atoms with Crippen LogP contribution in [0.5, 0.6) is 0 Å². The predicted octanol–water partition coefficient (Wildman–Crippen LogP) is 2.04. The molecule has 174 valence electrons. The lowest BCUT2D eigenvalue weighted by Crippen LogP contribution is -2.56. The van der Waals surface area contributed by atoms with Crippen LogP contribution in [0, 0.1) is 5.92 Å². The van der Waals surface area contributed by atoms with E-state index >= 15 is 0 Å². The minimum Gasteiger partial charge on any atom is -0.388 e. The van der Waals surface area contributed by atoms with Gasteiger partial charge in [0, 0.05) is 6.54 Å². The number of likely N-dealkylation sites (tertiary alicyclic amines) is 1. The Kier molecular flexibility index (Phi) is 6.03. The number of ether oxygens (including phenoxy) is 2. The molecule has 3 aliphatic rings. The molecule has 2 aromatic carbocycles. The molecular formula is C25H28N2O6. The summed E-state index contributed by atoms with van der Waals surface area (Å²) in [7, 11) is 0. The van der Waals surface area contributed by atoms with E-state index in [1.165, 1.54) is 4.90 Å². The second kappa shape index (κ2) is 8.96. The first-order chi connectivity index (χ1) is 16.0. The van der Waals surface area contributed by atoms with Crippen molar-refractivity contribution >= 4 is 11.8 Å². The number of carbonyl (C=O) groups excluding carboxylic acids is 2. The van der Waals surface area contributed by atoms with E-state index in [1.807, 2.05) is 67.6 Å². The van der Waals surface area contributed by atoms with Gasteiger partial charge in [0.1, 0.15) is 12.2 Å². The topological polar surface area (TPSA) is 88.5 Å².